The SMILES string of the molecule is CN(C(=O)c1ccc(-n2ccc(C(F)(F)F)n2)cc1)C1CCN(c2ccccc2)C1=O. The van der Waals surface area contributed by atoms with Crippen LogP contribution in [-0.4, -0.2) is 46.1 Å². The molecule has 2 aromatic carbocycles. The first-order chi connectivity index (χ1) is 14.8. The lowest BCUT2D eigenvalue weighted by atomic mass is 10.1. The van der Waals surface area contributed by atoms with Gasteiger partial charge in [-0.3, -0.25) is 9.59 Å². The molecule has 1 aromatic heterocycles. The van der Waals surface area contributed by atoms with Crippen LogP contribution in [0.15, 0.2) is 66.9 Å². The van der Waals surface area contributed by atoms with Crippen molar-refractivity contribution >= 4 is 17.5 Å². The number of halogens is 3. The van der Waals surface area contributed by atoms with Gasteiger partial charge >= 0.3 is 6.18 Å². The highest BCUT2D eigenvalue weighted by molar-refractivity contribution is 6.03. The number of nitrogens with zero attached hydrogens (tertiary/aromatic N) is 4. The number of carbonyl (C=O) groups is 2. The number of aromatic nitrogens is 2. The Morgan fingerprint density at radius 2 is 1.71 bits per heavy atom. The largest absolute Gasteiger partial charge is 0.435 e. The molecule has 0 aliphatic carbocycles. The van der Waals surface area contributed by atoms with Crippen LogP contribution in [0, 0.1) is 0 Å². The zero-order valence-electron chi connectivity index (χ0n) is 16.6. The van der Waals surface area contributed by atoms with E-state index < -0.39 is 17.9 Å². The van der Waals surface area contributed by atoms with E-state index in [2.05, 4.69) is 5.10 Å². The van der Waals surface area contributed by atoms with E-state index in [9.17, 15) is 22.8 Å². The highest BCUT2D eigenvalue weighted by Gasteiger charge is 2.37. The Balaban J connectivity index is 1.47. The summed E-state index contributed by atoms with van der Waals surface area (Å²) in [4.78, 5) is 28.8. The topological polar surface area (TPSA) is 58.4 Å². The number of rotatable bonds is 4. The van der Waals surface area contributed by atoms with E-state index in [1.165, 1.54) is 35.4 Å². The summed E-state index contributed by atoms with van der Waals surface area (Å²) in [6.07, 6.45) is -2.80. The molecule has 4 rings (SSSR count). The molecule has 0 N–H and O–H groups in total. The molecule has 160 valence electrons. The molecule has 2 amide bonds. The van der Waals surface area contributed by atoms with Gasteiger partial charge in [-0.1, -0.05) is 18.2 Å². The van der Waals surface area contributed by atoms with Crippen molar-refractivity contribution in [2.45, 2.75) is 18.6 Å². The summed E-state index contributed by atoms with van der Waals surface area (Å²) >= 11 is 0. The van der Waals surface area contributed by atoms with Gasteiger partial charge in [-0.05, 0) is 48.9 Å². The van der Waals surface area contributed by atoms with Crippen molar-refractivity contribution in [3.63, 3.8) is 0 Å². The molecule has 1 atom stereocenters. The molecule has 2 heterocycles. The number of anilines is 1. The molecule has 1 unspecified atom stereocenters. The van der Waals surface area contributed by atoms with Crippen molar-refractivity contribution in [2.75, 3.05) is 18.5 Å². The van der Waals surface area contributed by atoms with Crippen molar-refractivity contribution < 1.29 is 22.8 Å². The average molecular weight is 428 g/mol. The molecule has 1 fully saturated rings. The molecule has 1 aliphatic rings. The second-order valence-electron chi connectivity index (χ2n) is 7.24. The second-order valence-corrected chi connectivity index (χ2v) is 7.24. The van der Waals surface area contributed by atoms with Gasteiger partial charge < -0.3 is 9.80 Å². The van der Waals surface area contributed by atoms with Gasteiger partial charge in [-0.15, -0.1) is 0 Å². The number of hydrogen-bond acceptors (Lipinski definition) is 3. The van der Waals surface area contributed by atoms with E-state index in [1.54, 1.807) is 11.9 Å². The number of carbonyl (C=O) groups excluding carboxylic acids is 2. The van der Waals surface area contributed by atoms with Gasteiger partial charge in [-0.2, -0.15) is 18.3 Å². The van der Waals surface area contributed by atoms with Crippen molar-refractivity contribution in [1.82, 2.24) is 14.7 Å². The third-order valence-electron chi connectivity index (χ3n) is 5.29. The van der Waals surface area contributed by atoms with E-state index in [0.29, 0.717) is 24.2 Å². The molecule has 3 aromatic rings. The van der Waals surface area contributed by atoms with Crippen LogP contribution in [0.1, 0.15) is 22.5 Å². The summed E-state index contributed by atoms with van der Waals surface area (Å²) in [6.45, 7) is 0.519. The predicted octanol–water partition coefficient (Wildman–Crippen LogP) is 3.77. The fourth-order valence-corrected chi connectivity index (χ4v) is 3.61. The minimum Gasteiger partial charge on any atom is -0.330 e. The van der Waals surface area contributed by atoms with E-state index in [0.717, 1.165) is 16.4 Å². The van der Waals surface area contributed by atoms with Crippen LogP contribution >= 0.6 is 0 Å². The van der Waals surface area contributed by atoms with Crippen molar-refractivity contribution in [3.05, 3.63) is 78.1 Å². The third kappa shape index (κ3) is 4.03. The maximum absolute atomic E-state index is 12.9. The number of likely N-dealkylation sites (N-methyl/N-ethyl adjacent to an activating group) is 1. The van der Waals surface area contributed by atoms with Gasteiger partial charge in [0.05, 0.1) is 5.69 Å². The van der Waals surface area contributed by atoms with E-state index in [-0.39, 0.29) is 11.8 Å². The molecule has 0 radical (unpaired) electrons. The fraction of sp³-hybridized carbons (Fsp3) is 0.227. The first-order valence-corrected chi connectivity index (χ1v) is 9.62. The van der Waals surface area contributed by atoms with Gasteiger partial charge in [0, 0.05) is 31.0 Å². The van der Waals surface area contributed by atoms with Crippen LogP contribution in [0.5, 0.6) is 0 Å². The normalized spacial score (nSPS) is 16.6. The highest BCUT2D eigenvalue weighted by atomic mass is 19.4. The van der Waals surface area contributed by atoms with Gasteiger partial charge in [0.2, 0.25) is 5.91 Å². The van der Waals surface area contributed by atoms with Gasteiger partial charge in [-0.25, -0.2) is 4.68 Å². The first-order valence-electron chi connectivity index (χ1n) is 9.62. The average Bonchev–Trinajstić information content (AvgIpc) is 3.41. The first kappa shape index (κ1) is 20.6. The maximum Gasteiger partial charge on any atom is 0.435 e. The highest BCUT2D eigenvalue weighted by Crippen LogP contribution is 2.28. The summed E-state index contributed by atoms with van der Waals surface area (Å²) in [5, 5.41) is 3.52. The Bertz CT molecular complexity index is 1090. The molecule has 0 saturated carbocycles. The summed E-state index contributed by atoms with van der Waals surface area (Å²) in [5.41, 5.74) is 0.523. The zero-order valence-corrected chi connectivity index (χ0v) is 16.6. The smallest absolute Gasteiger partial charge is 0.330 e. The Hall–Kier alpha value is -3.62. The number of benzene rings is 2. The molecule has 9 heteroatoms. The standard InChI is InChI=1S/C22H19F3N4O2/c1-27(18-11-13-28(21(18)31)16-5-3-2-4-6-16)20(30)15-7-9-17(10-8-15)29-14-12-19(26-29)22(23,24)25/h2-10,12,14,18H,11,13H2,1H3. The number of hydrogen-bond donors (Lipinski definition) is 0. The van der Waals surface area contributed by atoms with Gasteiger partial charge in [0.1, 0.15) is 6.04 Å². The molecule has 1 saturated heterocycles. The molecule has 31 heavy (non-hydrogen) atoms. The minimum absolute atomic E-state index is 0.144. The Kier molecular flexibility index (Phi) is 5.26. The molecule has 0 bridgehead atoms. The van der Waals surface area contributed by atoms with Crippen LogP contribution in [-0.2, 0) is 11.0 Å². The van der Waals surface area contributed by atoms with Crippen LogP contribution in [0.25, 0.3) is 5.69 Å². The number of amides is 2. The van der Waals surface area contributed by atoms with Crippen LogP contribution in [0.4, 0.5) is 18.9 Å². The molecular formula is C22H19F3N4O2. The van der Waals surface area contributed by atoms with Crippen LogP contribution in [0.2, 0.25) is 0 Å². The molecule has 0 spiro atoms. The van der Waals surface area contributed by atoms with Crippen LogP contribution in [0.3, 0.4) is 0 Å². The minimum atomic E-state index is -4.52. The quantitative estimate of drug-likeness (QED) is 0.636. The summed E-state index contributed by atoms with van der Waals surface area (Å²) in [6, 6.07) is 15.6. The predicted molar refractivity (Wildman–Crippen MR) is 108 cm³/mol. The summed E-state index contributed by atoms with van der Waals surface area (Å²) in [5.74, 6) is -0.480. The lowest BCUT2D eigenvalue weighted by Gasteiger charge is -2.24. The fourth-order valence-electron chi connectivity index (χ4n) is 3.61. The molecule has 6 nitrogen and oxygen atoms in total. The Morgan fingerprint density at radius 3 is 2.32 bits per heavy atom. The third-order valence-corrected chi connectivity index (χ3v) is 5.29. The monoisotopic (exact) mass is 428 g/mol. The maximum atomic E-state index is 12.9. The van der Waals surface area contributed by atoms with Crippen molar-refractivity contribution in [1.29, 1.82) is 0 Å². The second kappa shape index (κ2) is 7.90. The van der Waals surface area contributed by atoms with E-state index in [1.807, 2.05) is 30.3 Å². The van der Waals surface area contributed by atoms with Crippen LogP contribution < -0.4 is 4.90 Å². The van der Waals surface area contributed by atoms with Gasteiger partial charge in [0.15, 0.2) is 5.69 Å². The number of para-hydroxylation sites is 1. The summed E-state index contributed by atoms with van der Waals surface area (Å²) in [7, 11) is 1.58. The van der Waals surface area contributed by atoms with E-state index in [4.69, 9.17) is 0 Å². The van der Waals surface area contributed by atoms with Crippen molar-refractivity contribution in [3.8, 4) is 5.69 Å². The number of alkyl halides is 3. The molecule has 1 aliphatic heterocycles. The Morgan fingerprint density at radius 1 is 1.03 bits per heavy atom. The lowest BCUT2D eigenvalue weighted by molar-refractivity contribution is -0.141. The molecular weight excluding hydrogens is 409 g/mol. The lowest BCUT2D eigenvalue weighted by Crippen LogP contribution is -2.43. The zero-order chi connectivity index (χ0) is 22.2. The Labute approximate surface area is 176 Å². The van der Waals surface area contributed by atoms with E-state index >= 15 is 0 Å². The van der Waals surface area contributed by atoms with Gasteiger partial charge in [0.25, 0.3) is 5.91 Å². The van der Waals surface area contributed by atoms with Crippen molar-refractivity contribution in [2.24, 2.45) is 0 Å². The summed E-state index contributed by atoms with van der Waals surface area (Å²) < 4.78 is 39.3.